The van der Waals surface area contributed by atoms with E-state index in [4.69, 9.17) is 4.74 Å². The molecule has 0 fully saturated rings. The Labute approximate surface area is 288 Å². The van der Waals surface area contributed by atoms with Crippen molar-refractivity contribution in [3.05, 3.63) is 122 Å². The third-order valence-corrected chi connectivity index (χ3v) is 9.97. The van der Waals surface area contributed by atoms with E-state index in [-0.39, 0.29) is 46.5 Å². The number of pyridine rings is 1. The van der Waals surface area contributed by atoms with E-state index in [2.05, 4.69) is 5.32 Å². The molecule has 2 unspecified atom stereocenters. The van der Waals surface area contributed by atoms with Crippen LogP contribution in [0.25, 0.3) is 11.1 Å². The SMILES string of the molecule is CCOC(=O)CCCNC(c1ccccc1)C1CSc2c(Cc3c(F)cccc3C(F)(F)F)c(C)c(-c3cccc(C(C)(F)F)c3F)c(=O)n21. The second-order valence-corrected chi connectivity index (χ2v) is 13.1. The molecule has 0 spiro atoms. The molecule has 1 N–H and O–H groups in total. The summed E-state index contributed by atoms with van der Waals surface area (Å²) in [6.07, 6.45) is -4.99. The van der Waals surface area contributed by atoms with Gasteiger partial charge in [-0.15, -0.1) is 11.8 Å². The fraction of sp³-hybridized carbons (Fsp3) is 0.351. The molecule has 3 aromatic carbocycles. The molecule has 1 aromatic heterocycles. The molecular weight excluding hydrogens is 685 g/mol. The first-order chi connectivity index (χ1) is 23.6. The number of nitrogens with zero attached hydrogens (tertiary/aromatic N) is 1. The van der Waals surface area contributed by atoms with Crippen molar-refractivity contribution in [1.82, 2.24) is 9.88 Å². The van der Waals surface area contributed by atoms with Gasteiger partial charge in [0.05, 0.1) is 40.4 Å². The average molecular weight is 721 g/mol. The Bertz CT molecular complexity index is 1920. The number of hydrogen-bond donors (Lipinski definition) is 1. The van der Waals surface area contributed by atoms with Gasteiger partial charge in [0, 0.05) is 36.6 Å². The van der Waals surface area contributed by atoms with Crippen molar-refractivity contribution in [2.24, 2.45) is 0 Å². The minimum Gasteiger partial charge on any atom is -0.466 e. The zero-order valence-corrected chi connectivity index (χ0v) is 28.3. The standard InChI is InChI=1S/C37H35F7N2O3S/c1-4-49-30(47)17-10-18-45-33(22-11-6-5-7-12-22)29-20-50-35-24(19-25-26(37(42,43)44)14-9-16-28(25)38)21(2)31(34(48)46(29)35)23-13-8-15-27(32(23)39)36(3,40)41/h5-9,11-16,29,33,45H,4,10,17-20H2,1-3H3. The van der Waals surface area contributed by atoms with E-state index in [1.165, 1.54) is 35.4 Å². The number of rotatable bonds is 12. The third-order valence-electron chi connectivity index (χ3n) is 8.75. The number of hydrogen-bond acceptors (Lipinski definition) is 5. The number of nitrogens with one attached hydrogen (secondary N) is 1. The summed E-state index contributed by atoms with van der Waals surface area (Å²) in [4.78, 5) is 26.5. The van der Waals surface area contributed by atoms with Crippen LogP contribution in [0, 0.1) is 18.6 Å². The van der Waals surface area contributed by atoms with Crippen LogP contribution in [-0.2, 0) is 28.1 Å². The first-order valence-electron chi connectivity index (χ1n) is 16.0. The van der Waals surface area contributed by atoms with Gasteiger partial charge in [-0.3, -0.25) is 14.2 Å². The molecule has 13 heteroatoms. The Morgan fingerprint density at radius 2 is 1.66 bits per heavy atom. The predicted molar refractivity (Wildman–Crippen MR) is 177 cm³/mol. The van der Waals surface area contributed by atoms with E-state index in [1.54, 1.807) is 25.1 Å². The number of thioether (sulfide) groups is 1. The van der Waals surface area contributed by atoms with Gasteiger partial charge in [0.2, 0.25) is 0 Å². The van der Waals surface area contributed by atoms with Crippen LogP contribution >= 0.6 is 11.8 Å². The molecule has 0 aliphatic carbocycles. The summed E-state index contributed by atoms with van der Waals surface area (Å²) in [5.41, 5.74) is -3.34. The zero-order chi connectivity index (χ0) is 36.4. The molecule has 0 amide bonds. The average Bonchev–Trinajstić information content (AvgIpc) is 3.49. The Morgan fingerprint density at radius 3 is 2.32 bits per heavy atom. The molecule has 5 rings (SSSR count). The van der Waals surface area contributed by atoms with Gasteiger partial charge in [0.1, 0.15) is 11.6 Å². The van der Waals surface area contributed by atoms with Crippen LogP contribution in [-0.4, -0.2) is 29.4 Å². The molecule has 5 nitrogen and oxygen atoms in total. The van der Waals surface area contributed by atoms with Crippen LogP contribution in [0.2, 0.25) is 0 Å². The number of carbonyl (C=O) groups is 1. The zero-order valence-electron chi connectivity index (χ0n) is 27.5. The number of ether oxygens (including phenoxy) is 1. The van der Waals surface area contributed by atoms with Crippen LogP contribution < -0.4 is 10.9 Å². The fourth-order valence-electron chi connectivity index (χ4n) is 6.40. The van der Waals surface area contributed by atoms with Crippen LogP contribution in [0.5, 0.6) is 0 Å². The van der Waals surface area contributed by atoms with Gasteiger partial charge in [0.25, 0.3) is 11.5 Å². The normalized spacial score (nSPS) is 15.2. The first kappa shape index (κ1) is 37.2. The summed E-state index contributed by atoms with van der Waals surface area (Å²) in [7, 11) is 0. The van der Waals surface area contributed by atoms with Gasteiger partial charge in [-0.25, -0.2) is 17.6 Å². The summed E-state index contributed by atoms with van der Waals surface area (Å²) in [5, 5.41) is 3.67. The highest BCUT2D eigenvalue weighted by molar-refractivity contribution is 7.99. The molecule has 0 saturated carbocycles. The lowest BCUT2D eigenvalue weighted by atomic mass is 9.91. The largest absolute Gasteiger partial charge is 0.466 e. The molecule has 2 heterocycles. The molecule has 1 aliphatic heterocycles. The monoisotopic (exact) mass is 720 g/mol. The van der Waals surface area contributed by atoms with Crippen molar-refractivity contribution < 1.29 is 40.3 Å². The molecule has 50 heavy (non-hydrogen) atoms. The van der Waals surface area contributed by atoms with E-state index >= 15 is 8.78 Å². The summed E-state index contributed by atoms with van der Waals surface area (Å²) in [5.74, 6) is -6.19. The van der Waals surface area contributed by atoms with Gasteiger partial charge < -0.3 is 10.1 Å². The molecule has 4 aromatic rings. The fourth-order valence-corrected chi connectivity index (χ4v) is 7.83. The lowest BCUT2D eigenvalue weighted by Crippen LogP contribution is -2.36. The van der Waals surface area contributed by atoms with E-state index in [0.29, 0.717) is 19.9 Å². The van der Waals surface area contributed by atoms with Crippen LogP contribution in [0.15, 0.2) is 76.6 Å². The maximum absolute atomic E-state index is 16.0. The Morgan fingerprint density at radius 1 is 0.980 bits per heavy atom. The van der Waals surface area contributed by atoms with Crippen molar-refractivity contribution >= 4 is 17.7 Å². The van der Waals surface area contributed by atoms with Crippen molar-refractivity contribution in [1.29, 1.82) is 0 Å². The lowest BCUT2D eigenvalue weighted by Gasteiger charge is -2.28. The van der Waals surface area contributed by atoms with Crippen LogP contribution in [0.3, 0.4) is 0 Å². The van der Waals surface area contributed by atoms with E-state index in [9.17, 15) is 31.5 Å². The summed E-state index contributed by atoms with van der Waals surface area (Å²) >= 11 is 1.19. The first-order valence-corrected chi connectivity index (χ1v) is 17.0. The lowest BCUT2D eigenvalue weighted by molar-refractivity contribution is -0.143. The quantitative estimate of drug-likeness (QED) is 0.0899. The van der Waals surface area contributed by atoms with E-state index in [0.717, 1.165) is 29.8 Å². The van der Waals surface area contributed by atoms with Crippen LogP contribution in [0.1, 0.15) is 72.2 Å². The van der Waals surface area contributed by atoms with Crippen molar-refractivity contribution in [3.63, 3.8) is 0 Å². The molecule has 266 valence electrons. The minimum absolute atomic E-state index is 0.0555. The van der Waals surface area contributed by atoms with Gasteiger partial charge in [-0.2, -0.15) is 13.2 Å². The summed E-state index contributed by atoms with van der Waals surface area (Å²) in [6.45, 7) is 4.18. The van der Waals surface area contributed by atoms with Crippen molar-refractivity contribution in [2.45, 2.75) is 69.2 Å². The predicted octanol–water partition coefficient (Wildman–Crippen LogP) is 9.14. The molecule has 1 aliphatic rings. The van der Waals surface area contributed by atoms with Gasteiger partial charge in [-0.1, -0.05) is 54.6 Å². The number of aromatic nitrogens is 1. The molecular formula is C37H35F7N2O3S. The highest BCUT2D eigenvalue weighted by Crippen LogP contribution is 2.45. The third kappa shape index (κ3) is 7.63. The van der Waals surface area contributed by atoms with Crippen molar-refractivity contribution in [3.8, 4) is 11.1 Å². The van der Waals surface area contributed by atoms with Crippen molar-refractivity contribution in [2.75, 3.05) is 18.9 Å². The Balaban J connectivity index is 1.72. The molecule has 0 bridgehead atoms. The van der Waals surface area contributed by atoms with Crippen LogP contribution in [0.4, 0.5) is 30.7 Å². The van der Waals surface area contributed by atoms with Gasteiger partial charge in [-0.05, 0) is 55.6 Å². The smallest absolute Gasteiger partial charge is 0.416 e. The maximum Gasteiger partial charge on any atom is 0.416 e. The molecule has 2 atom stereocenters. The number of esters is 1. The minimum atomic E-state index is -4.91. The number of fused-ring (bicyclic) bond motifs is 1. The van der Waals surface area contributed by atoms with E-state index < -0.39 is 70.1 Å². The Kier molecular flexibility index (Phi) is 11.2. The number of halogens is 7. The highest BCUT2D eigenvalue weighted by Gasteiger charge is 2.39. The highest BCUT2D eigenvalue weighted by atomic mass is 32.2. The molecule has 0 radical (unpaired) electrons. The summed E-state index contributed by atoms with van der Waals surface area (Å²) in [6, 6.07) is 13.6. The second kappa shape index (κ2) is 15.0. The number of carbonyl (C=O) groups excluding carboxylic acids is 1. The van der Waals surface area contributed by atoms with Gasteiger partial charge >= 0.3 is 12.1 Å². The van der Waals surface area contributed by atoms with Gasteiger partial charge in [0.15, 0.2) is 0 Å². The number of benzene rings is 3. The number of alkyl halides is 5. The maximum atomic E-state index is 16.0. The second-order valence-electron chi connectivity index (χ2n) is 12.1. The molecule has 0 saturated heterocycles. The van der Waals surface area contributed by atoms with E-state index in [1.807, 2.05) is 12.1 Å². The Hall–Kier alpha value is -4.10. The summed E-state index contributed by atoms with van der Waals surface area (Å²) < 4.78 is 109. The topological polar surface area (TPSA) is 60.3 Å².